The monoisotopic (exact) mass is 619 g/mol. The molecular formula is C28H33N3O11S. The van der Waals surface area contributed by atoms with Gasteiger partial charge in [-0.25, -0.2) is 9.59 Å². The molecule has 3 heterocycles. The summed E-state index contributed by atoms with van der Waals surface area (Å²) in [5.41, 5.74) is 0.575. The van der Waals surface area contributed by atoms with Crippen molar-refractivity contribution in [3.8, 4) is 0 Å². The second kappa shape index (κ2) is 13.6. The molecule has 2 fully saturated rings. The molecule has 43 heavy (non-hydrogen) atoms. The quantitative estimate of drug-likeness (QED) is 0.180. The van der Waals surface area contributed by atoms with Crippen LogP contribution in [0.15, 0.2) is 34.9 Å². The van der Waals surface area contributed by atoms with E-state index in [1.165, 1.54) is 49.6 Å². The summed E-state index contributed by atoms with van der Waals surface area (Å²) in [6, 6.07) is 5.10. The summed E-state index contributed by atoms with van der Waals surface area (Å²) >= 11 is 1.36. The number of hydrogen-bond donors (Lipinski definition) is 3. The number of esters is 4. The summed E-state index contributed by atoms with van der Waals surface area (Å²) in [5, 5.41) is 16.0. The second-order valence-electron chi connectivity index (χ2n) is 10.3. The van der Waals surface area contributed by atoms with Crippen LogP contribution in [0.25, 0.3) is 0 Å². The lowest BCUT2D eigenvalue weighted by molar-refractivity contribution is -0.171. The Morgan fingerprint density at radius 3 is 2.35 bits per heavy atom. The van der Waals surface area contributed by atoms with Crippen LogP contribution < -0.4 is 10.6 Å². The van der Waals surface area contributed by atoms with Crippen molar-refractivity contribution in [2.45, 2.75) is 57.6 Å². The number of ether oxygens (including phenoxy) is 4. The first-order chi connectivity index (χ1) is 20.4. The third-order valence-electron chi connectivity index (χ3n) is 7.27. The molecule has 6 atom stereocenters. The Kier molecular flexibility index (Phi) is 10.1. The van der Waals surface area contributed by atoms with E-state index < -0.39 is 61.6 Å². The number of nitrogens with zero attached hydrogens (tertiary/aromatic N) is 1. The van der Waals surface area contributed by atoms with Gasteiger partial charge in [-0.1, -0.05) is 13.0 Å². The van der Waals surface area contributed by atoms with Gasteiger partial charge in [0.25, 0.3) is 0 Å². The molecule has 3 N–H and O–H groups in total. The number of fused-ring (bicyclic) bond motifs is 1. The average molecular weight is 620 g/mol. The summed E-state index contributed by atoms with van der Waals surface area (Å²) in [6.45, 7) is 5.06. The van der Waals surface area contributed by atoms with E-state index in [4.69, 9.17) is 14.2 Å². The van der Waals surface area contributed by atoms with Gasteiger partial charge in [0.15, 0.2) is 0 Å². The van der Waals surface area contributed by atoms with Crippen molar-refractivity contribution in [2.24, 2.45) is 11.8 Å². The van der Waals surface area contributed by atoms with E-state index in [-0.39, 0.29) is 34.2 Å². The van der Waals surface area contributed by atoms with Crippen molar-refractivity contribution in [2.75, 3.05) is 25.4 Å². The van der Waals surface area contributed by atoms with Gasteiger partial charge in [0.2, 0.25) is 25.4 Å². The van der Waals surface area contributed by atoms with Crippen LogP contribution in [0, 0.1) is 11.8 Å². The fourth-order valence-electron chi connectivity index (χ4n) is 5.28. The maximum Gasteiger partial charge on any atom is 0.358 e. The summed E-state index contributed by atoms with van der Waals surface area (Å²) in [5.74, 6) is -4.44. The summed E-state index contributed by atoms with van der Waals surface area (Å²) in [7, 11) is 0. The molecule has 1 aromatic rings. The zero-order chi connectivity index (χ0) is 31.4. The van der Waals surface area contributed by atoms with Crippen molar-refractivity contribution in [1.82, 2.24) is 10.2 Å². The molecule has 0 aliphatic carbocycles. The third kappa shape index (κ3) is 7.17. The zero-order valence-electron chi connectivity index (χ0n) is 24.0. The predicted molar refractivity (Wildman–Crippen MR) is 150 cm³/mol. The maximum atomic E-state index is 13.0. The minimum absolute atomic E-state index is 0.0573. The Morgan fingerprint density at radius 2 is 1.72 bits per heavy atom. The summed E-state index contributed by atoms with van der Waals surface area (Å²) in [6.07, 6.45) is -0.514. The van der Waals surface area contributed by atoms with E-state index in [1.807, 2.05) is 6.92 Å². The molecule has 2 saturated heterocycles. The topological polar surface area (TPSA) is 187 Å². The number of benzene rings is 1. The molecule has 15 heteroatoms. The fraction of sp³-hybridized carbons (Fsp3) is 0.500. The number of β-lactam (4-membered cyclic amide) rings is 1. The predicted octanol–water partition coefficient (Wildman–Crippen LogP) is 0.899. The van der Waals surface area contributed by atoms with Gasteiger partial charge in [-0.15, -0.1) is 11.8 Å². The van der Waals surface area contributed by atoms with Crippen LogP contribution in [0.2, 0.25) is 0 Å². The molecule has 0 saturated carbocycles. The average Bonchev–Trinajstić information content (AvgIpc) is 3.49. The molecule has 2 amide bonds. The molecule has 0 bridgehead atoms. The number of thioether (sulfide) groups is 1. The van der Waals surface area contributed by atoms with Crippen LogP contribution in [-0.4, -0.2) is 89.3 Å². The van der Waals surface area contributed by atoms with E-state index in [9.17, 15) is 33.9 Å². The minimum atomic E-state index is -0.908. The number of aliphatic hydroxyl groups is 1. The van der Waals surface area contributed by atoms with E-state index in [0.717, 1.165) is 0 Å². The standard InChI is InChI=1S/C28H33N3O11S/c1-13-22-21(14(2)32)26(36)31(22)23(28(38)42-12-40-16(4)34)24(13)43-19-9-20(29-10-19)25(35)30-18-7-5-6-17(8-18)27(37)41-11-39-15(3)33/h5-8,13-14,19-22,29,32H,9-12H2,1-4H3,(H,30,35)/t13-,14-,19+,20+,21-,22-/m1/s1. The molecule has 4 rings (SSSR count). The number of carbonyl (C=O) groups is 6. The molecule has 0 aromatic heterocycles. The molecule has 3 aliphatic rings. The molecule has 3 aliphatic heterocycles. The number of aliphatic hydroxyl groups excluding tert-OH is 1. The Labute approximate surface area is 251 Å². The molecule has 0 unspecified atom stereocenters. The van der Waals surface area contributed by atoms with Crippen molar-refractivity contribution in [3.63, 3.8) is 0 Å². The smallest absolute Gasteiger partial charge is 0.358 e. The highest BCUT2D eigenvalue weighted by molar-refractivity contribution is 8.03. The van der Waals surface area contributed by atoms with Crippen molar-refractivity contribution in [3.05, 3.63) is 40.4 Å². The number of anilines is 1. The van der Waals surface area contributed by atoms with E-state index in [0.29, 0.717) is 23.6 Å². The highest BCUT2D eigenvalue weighted by Gasteiger charge is 2.60. The number of amides is 2. The van der Waals surface area contributed by atoms with E-state index in [2.05, 4.69) is 15.4 Å². The van der Waals surface area contributed by atoms with Crippen molar-refractivity contribution in [1.29, 1.82) is 0 Å². The van der Waals surface area contributed by atoms with Crippen LogP contribution in [0.1, 0.15) is 44.5 Å². The first kappa shape index (κ1) is 32.0. The molecule has 0 radical (unpaired) electrons. The van der Waals surface area contributed by atoms with Crippen LogP contribution in [0.3, 0.4) is 0 Å². The van der Waals surface area contributed by atoms with Gasteiger partial charge in [0, 0.05) is 42.2 Å². The van der Waals surface area contributed by atoms with Crippen LogP contribution in [0.4, 0.5) is 5.69 Å². The van der Waals surface area contributed by atoms with Gasteiger partial charge >= 0.3 is 23.9 Å². The Bertz CT molecular complexity index is 1350. The SMILES string of the molecule is CC(=O)OCOC(=O)C1=C(S[C@@H]2CN[C@H](C(=O)Nc3cccc(C(=O)OCOC(C)=O)c3)C2)[C@H](C)[C@@H]2[C@@H]([C@@H](C)O)C(=O)N12. The molecular weight excluding hydrogens is 586 g/mol. The first-order valence-corrected chi connectivity index (χ1v) is 14.4. The lowest BCUT2D eigenvalue weighted by Crippen LogP contribution is -2.63. The first-order valence-electron chi connectivity index (χ1n) is 13.6. The molecule has 1 aromatic carbocycles. The third-order valence-corrected chi connectivity index (χ3v) is 8.78. The van der Waals surface area contributed by atoms with Gasteiger partial charge in [-0.05, 0) is 31.5 Å². The summed E-state index contributed by atoms with van der Waals surface area (Å²) < 4.78 is 19.3. The molecule has 0 spiro atoms. The van der Waals surface area contributed by atoms with Crippen molar-refractivity contribution < 1.29 is 52.8 Å². The van der Waals surface area contributed by atoms with E-state index >= 15 is 0 Å². The van der Waals surface area contributed by atoms with Crippen molar-refractivity contribution >= 4 is 53.1 Å². The van der Waals surface area contributed by atoms with Gasteiger partial charge < -0.3 is 39.6 Å². The second-order valence-corrected chi connectivity index (χ2v) is 11.7. The fourth-order valence-corrected chi connectivity index (χ4v) is 6.75. The van der Waals surface area contributed by atoms with Gasteiger partial charge in [-0.2, -0.15) is 0 Å². The minimum Gasteiger partial charge on any atom is -0.428 e. The van der Waals surface area contributed by atoms with Gasteiger partial charge in [0.1, 0.15) is 5.70 Å². The zero-order valence-corrected chi connectivity index (χ0v) is 24.8. The Balaban J connectivity index is 1.41. The van der Waals surface area contributed by atoms with Gasteiger partial charge in [-0.3, -0.25) is 19.2 Å². The Hall–Kier alpha value is -3.95. The maximum absolute atomic E-state index is 13.0. The lowest BCUT2D eigenvalue weighted by Gasteiger charge is -2.46. The highest BCUT2D eigenvalue weighted by Crippen LogP contribution is 2.52. The normalized spacial score (nSPS) is 24.9. The number of carbonyl (C=O) groups excluding carboxylic acids is 6. The van der Waals surface area contributed by atoms with Gasteiger partial charge in [0.05, 0.1) is 29.7 Å². The molecule has 14 nitrogen and oxygen atoms in total. The largest absolute Gasteiger partial charge is 0.428 e. The summed E-state index contributed by atoms with van der Waals surface area (Å²) in [4.78, 5) is 75.1. The molecule has 232 valence electrons. The Morgan fingerprint density at radius 1 is 1.07 bits per heavy atom. The lowest BCUT2D eigenvalue weighted by atomic mass is 9.79. The number of rotatable bonds is 11. The number of hydrogen-bond acceptors (Lipinski definition) is 13. The van der Waals surface area contributed by atoms with Crippen LogP contribution >= 0.6 is 11.8 Å². The number of nitrogens with one attached hydrogen (secondary N) is 2. The van der Waals surface area contributed by atoms with E-state index in [1.54, 1.807) is 12.1 Å². The van der Waals surface area contributed by atoms with Crippen LogP contribution in [0.5, 0.6) is 0 Å². The highest BCUT2D eigenvalue weighted by atomic mass is 32.2. The van der Waals surface area contributed by atoms with Crippen LogP contribution in [-0.2, 0) is 42.9 Å².